The van der Waals surface area contributed by atoms with Crippen LogP contribution in [0, 0.1) is 12.3 Å². The van der Waals surface area contributed by atoms with E-state index in [1.165, 1.54) is 0 Å². The van der Waals surface area contributed by atoms with Crippen molar-refractivity contribution in [2.75, 3.05) is 7.11 Å². The van der Waals surface area contributed by atoms with Gasteiger partial charge in [-0.2, -0.15) is 0 Å². The summed E-state index contributed by atoms with van der Waals surface area (Å²) in [5.74, 6) is 2.01. The molecule has 19 heavy (non-hydrogen) atoms. The molecule has 0 saturated carbocycles. The molecule has 0 heterocycles. The second-order valence-corrected chi connectivity index (χ2v) is 4.19. The van der Waals surface area contributed by atoms with Gasteiger partial charge in [0.25, 0.3) is 0 Å². The molecular weight excluding hydrogens is 240 g/mol. The number of rotatable bonds is 4. The van der Waals surface area contributed by atoms with Gasteiger partial charge in [0.1, 0.15) is 23.1 Å². The van der Waals surface area contributed by atoms with Gasteiger partial charge in [-0.05, 0) is 48.9 Å². The Hall–Kier alpha value is -2.49. The maximum absolute atomic E-state index is 7.55. The molecule has 0 radical (unpaired) electrons. The van der Waals surface area contributed by atoms with Crippen molar-refractivity contribution in [1.82, 2.24) is 0 Å². The van der Waals surface area contributed by atoms with E-state index in [9.17, 15) is 0 Å². The van der Waals surface area contributed by atoms with Gasteiger partial charge in [-0.15, -0.1) is 0 Å². The van der Waals surface area contributed by atoms with Gasteiger partial charge in [0.05, 0.1) is 12.7 Å². The number of nitrogens with one attached hydrogen (secondary N) is 1. The van der Waals surface area contributed by atoms with Crippen LogP contribution in [0.4, 0.5) is 0 Å². The molecule has 0 aliphatic rings. The lowest BCUT2D eigenvalue weighted by molar-refractivity contribution is 0.413. The zero-order valence-electron chi connectivity index (χ0n) is 10.9. The van der Waals surface area contributed by atoms with Crippen molar-refractivity contribution in [3.63, 3.8) is 0 Å². The molecule has 0 unspecified atom stereocenters. The first-order valence-electron chi connectivity index (χ1n) is 5.87. The molecule has 2 aromatic carbocycles. The highest BCUT2D eigenvalue weighted by molar-refractivity contribution is 5.97. The van der Waals surface area contributed by atoms with Crippen molar-refractivity contribution < 1.29 is 9.47 Å². The summed E-state index contributed by atoms with van der Waals surface area (Å²) >= 11 is 0. The molecule has 0 aromatic heterocycles. The highest BCUT2D eigenvalue weighted by atomic mass is 16.5. The first-order chi connectivity index (χ1) is 9.10. The second kappa shape index (κ2) is 5.44. The van der Waals surface area contributed by atoms with E-state index in [1.54, 1.807) is 13.2 Å². The summed E-state index contributed by atoms with van der Waals surface area (Å²) < 4.78 is 10.9. The minimum atomic E-state index is -0.0106. The quantitative estimate of drug-likeness (QED) is 0.652. The molecule has 98 valence electrons. The Bertz CT molecular complexity index is 592. The van der Waals surface area contributed by atoms with Gasteiger partial charge in [-0.3, -0.25) is 5.41 Å². The fourth-order valence-corrected chi connectivity index (χ4v) is 1.71. The van der Waals surface area contributed by atoms with E-state index in [4.69, 9.17) is 20.6 Å². The molecule has 4 nitrogen and oxygen atoms in total. The van der Waals surface area contributed by atoms with Crippen LogP contribution in [0.15, 0.2) is 42.5 Å². The average Bonchev–Trinajstić information content (AvgIpc) is 2.39. The lowest BCUT2D eigenvalue weighted by Gasteiger charge is -2.11. The number of amidine groups is 1. The second-order valence-electron chi connectivity index (χ2n) is 4.19. The highest BCUT2D eigenvalue weighted by Gasteiger charge is 2.08. The summed E-state index contributed by atoms with van der Waals surface area (Å²) in [4.78, 5) is 0. The van der Waals surface area contributed by atoms with Crippen molar-refractivity contribution in [1.29, 1.82) is 5.41 Å². The molecular formula is C15H16N2O2. The molecule has 0 spiro atoms. The van der Waals surface area contributed by atoms with Crippen molar-refractivity contribution >= 4 is 5.84 Å². The predicted octanol–water partition coefficient (Wildman–Crippen LogP) is 3.08. The third-order valence-electron chi connectivity index (χ3n) is 2.71. The molecule has 4 heteroatoms. The van der Waals surface area contributed by atoms with Crippen LogP contribution in [-0.2, 0) is 0 Å². The number of methoxy groups -OCH3 is 1. The molecule has 0 atom stereocenters. The summed E-state index contributed by atoms with van der Waals surface area (Å²) in [6.07, 6.45) is 0. The van der Waals surface area contributed by atoms with Crippen molar-refractivity contribution in [2.45, 2.75) is 6.92 Å². The molecule has 2 rings (SSSR count). The Morgan fingerprint density at radius 3 is 2.26 bits per heavy atom. The van der Waals surface area contributed by atoms with Gasteiger partial charge in [-0.25, -0.2) is 0 Å². The molecule has 0 amide bonds. The topological polar surface area (TPSA) is 68.3 Å². The van der Waals surface area contributed by atoms with E-state index in [0.717, 1.165) is 11.3 Å². The smallest absolute Gasteiger partial charge is 0.138 e. The minimum absolute atomic E-state index is 0.0106. The van der Waals surface area contributed by atoms with Crippen LogP contribution in [0.5, 0.6) is 17.2 Å². The fraction of sp³-hybridized carbons (Fsp3) is 0.133. The van der Waals surface area contributed by atoms with Crippen LogP contribution in [0.25, 0.3) is 0 Å². The van der Waals surface area contributed by atoms with Gasteiger partial charge in [0.15, 0.2) is 0 Å². The number of aryl methyl sites for hydroxylation is 1. The van der Waals surface area contributed by atoms with Gasteiger partial charge in [0.2, 0.25) is 0 Å². The molecule has 0 bridgehead atoms. The van der Waals surface area contributed by atoms with Crippen LogP contribution < -0.4 is 15.2 Å². The van der Waals surface area contributed by atoms with Crippen molar-refractivity contribution in [3.8, 4) is 17.2 Å². The average molecular weight is 256 g/mol. The standard InChI is InChI=1S/C15H16N2O2/c1-10-3-8-13(15(16)17)14(9-10)19-12-6-4-11(18-2)5-7-12/h3-9H,1-2H3,(H3,16,17). The molecule has 2 aromatic rings. The summed E-state index contributed by atoms with van der Waals surface area (Å²) in [5, 5.41) is 7.55. The monoisotopic (exact) mass is 256 g/mol. The maximum Gasteiger partial charge on any atom is 0.138 e. The number of ether oxygens (including phenoxy) is 2. The summed E-state index contributed by atoms with van der Waals surface area (Å²) in [5.41, 5.74) is 7.18. The van der Waals surface area contributed by atoms with E-state index >= 15 is 0 Å². The molecule has 0 fully saturated rings. The number of hydrogen-bond acceptors (Lipinski definition) is 3. The molecule has 0 saturated heterocycles. The van der Waals surface area contributed by atoms with Crippen molar-refractivity contribution in [3.05, 3.63) is 53.6 Å². The molecule has 0 aliphatic heterocycles. The van der Waals surface area contributed by atoms with Crippen LogP contribution in [0.3, 0.4) is 0 Å². The maximum atomic E-state index is 7.55. The minimum Gasteiger partial charge on any atom is -0.497 e. The first-order valence-corrected chi connectivity index (χ1v) is 5.87. The number of hydrogen-bond donors (Lipinski definition) is 2. The Morgan fingerprint density at radius 2 is 1.68 bits per heavy atom. The van der Waals surface area contributed by atoms with Gasteiger partial charge in [-0.1, -0.05) is 6.07 Å². The van der Waals surface area contributed by atoms with E-state index in [2.05, 4.69) is 0 Å². The Balaban J connectivity index is 2.31. The number of benzene rings is 2. The summed E-state index contributed by atoms with van der Waals surface area (Å²) in [6, 6.07) is 12.8. The van der Waals surface area contributed by atoms with Crippen molar-refractivity contribution in [2.24, 2.45) is 5.73 Å². The predicted molar refractivity (Wildman–Crippen MR) is 75.3 cm³/mol. The zero-order chi connectivity index (χ0) is 13.8. The zero-order valence-corrected chi connectivity index (χ0v) is 10.9. The van der Waals surface area contributed by atoms with Crippen LogP contribution >= 0.6 is 0 Å². The Labute approximate surface area is 112 Å². The van der Waals surface area contributed by atoms with E-state index in [0.29, 0.717) is 17.1 Å². The molecule has 3 N–H and O–H groups in total. The molecule has 0 aliphatic carbocycles. The Kier molecular flexibility index (Phi) is 3.71. The summed E-state index contributed by atoms with van der Waals surface area (Å²) in [7, 11) is 1.62. The van der Waals surface area contributed by atoms with E-state index in [-0.39, 0.29) is 5.84 Å². The van der Waals surface area contributed by atoms with Crippen LogP contribution in [-0.4, -0.2) is 12.9 Å². The highest BCUT2D eigenvalue weighted by Crippen LogP contribution is 2.27. The van der Waals surface area contributed by atoms with Gasteiger partial charge >= 0.3 is 0 Å². The Morgan fingerprint density at radius 1 is 1.05 bits per heavy atom. The van der Waals surface area contributed by atoms with Crippen LogP contribution in [0.2, 0.25) is 0 Å². The third-order valence-corrected chi connectivity index (χ3v) is 2.71. The van der Waals surface area contributed by atoms with E-state index < -0.39 is 0 Å². The normalized spacial score (nSPS) is 10.0. The number of nitrogens with two attached hydrogens (primary N) is 1. The lowest BCUT2D eigenvalue weighted by atomic mass is 10.1. The fourth-order valence-electron chi connectivity index (χ4n) is 1.71. The van der Waals surface area contributed by atoms with Gasteiger partial charge in [0, 0.05) is 0 Å². The largest absolute Gasteiger partial charge is 0.497 e. The number of nitrogen functional groups attached to an aromatic ring is 1. The van der Waals surface area contributed by atoms with Crippen LogP contribution in [0.1, 0.15) is 11.1 Å². The lowest BCUT2D eigenvalue weighted by Crippen LogP contribution is -2.12. The summed E-state index contributed by atoms with van der Waals surface area (Å²) in [6.45, 7) is 1.96. The third kappa shape index (κ3) is 3.04. The van der Waals surface area contributed by atoms with E-state index in [1.807, 2.05) is 43.3 Å². The van der Waals surface area contributed by atoms with Gasteiger partial charge < -0.3 is 15.2 Å². The first kappa shape index (κ1) is 13.0. The SMILES string of the molecule is COc1ccc(Oc2cc(C)ccc2C(=N)N)cc1.